The van der Waals surface area contributed by atoms with Gasteiger partial charge in [-0.25, -0.2) is 0 Å². The minimum atomic E-state index is -0.520. The van der Waals surface area contributed by atoms with Gasteiger partial charge in [0.1, 0.15) is 6.10 Å². The number of carbonyl (C=O) groups excluding carboxylic acids is 2. The predicted octanol–water partition coefficient (Wildman–Crippen LogP) is 1.70. The molecule has 19 heavy (non-hydrogen) atoms. The van der Waals surface area contributed by atoms with E-state index in [9.17, 15) is 9.59 Å². The normalized spacial score (nSPS) is 16.2. The lowest BCUT2D eigenvalue weighted by atomic mass is 10.1. The first-order valence-corrected chi connectivity index (χ1v) is 6.52. The second kappa shape index (κ2) is 6.31. The van der Waals surface area contributed by atoms with Gasteiger partial charge in [0.05, 0.1) is 6.42 Å². The quantitative estimate of drug-likeness (QED) is 0.775. The maximum Gasteiger partial charge on any atom is 0.303 e. The number of hydrogen-bond acceptors (Lipinski definition) is 4. The van der Waals surface area contributed by atoms with Crippen LogP contribution in [0.4, 0.5) is 0 Å². The molecular weight excluding hydrogens is 244 g/mol. The summed E-state index contributed by atoms with van der Waals surface area (Å²) in [7, 11) is 0. The van der Waals surface area contributed by atoms with Crippen LogP contribution in [0.25, 0.3) is 0 Å². The molecule has 1 fully saturated rings. The molecule has 1 amide bonds. The molecule has 2 heterocycles. The van der Waals surface area contributed by atoms with E-state index in [0.29, 0.717) is 0 Å². The predicted molar refractivity (Wildman–Crippen MR) is 69.2 cm³/mol. The van der Waals surface area contributed by atoms with Gasteiger partial charge in [-0.3, -0.25) is 14.6 Å². The molecule has 2 rings (SSSR count). The Hall–Kier alpha value is -1.91. The van der Waals surface area contributed by atoms with Crippen LogP contribution in [0, 0.1) is 0 Å². The van der Waals surface area contributed by atoms with Gasteiger partial charge in [-0.15, -0.1) is 0 Å². The summed E-state index contributed by atoms with van der Waals surface area (Å²) in [6.07, 6.45) is 5.05. The first-order chi connectivity index (χ1) is 9.16. The minimum absolute atomic E-state index is 0.0422. The van der Waals surface area contributed by atoms with Crippen LogP contribution in [0.15, 0.2) is 24.5 Å². The summed E-state index contributed by atoms with van der Waals surface area (Å²) in [6, 6.07) is 3.54. The van der Waals surface area contributed by atoms with E-state index in [1.165, 1.54) is 6.92 Å². The summed E-state index contributed by atoms with van der Waals surface area (Å²) in [5, 5.41) is 0. The first-order valence-electron chi connectivity index (χ1n) is 6.52. The third kappa shape index (κ3) is 3.77. The lowest BCUT2D eigenvalue weighted by molar-refractivity contribution is -0.149. The van der Waals surface area contributed by atoms with E-state index in [4.69, 9.17) is 4.74 Å². The molecule has 1 aliphatic heterocycles. The van der Waals surface area contributed by atoms with Crippen molar-refractivity contribution < 1.29 is 14.3 Å². The maximum absolute atomic E-state index is 12.1. The van der Waals surface area contributed by atoms with Gasteiger partial charge in [-0.1, -0.05) is 0 Å². The molecule has 5 heteroatoms. The highest BCUT2D eigenvalue weighted by molar-refractivity contribution is 5.77. The zero-order valence-electron chi connectivity index (χ0n) is 11.0. The Morgan fingerprint density at radius 3 is 2.53 bits per heavy atom. The van der Waals surface area contributed by atoms with E-state index in [0.717, 1.165) is 31.5 Å². The number of nitrogens with zero attached hydrogens (tertiary/aromatic N) is 2. The van der Waals surface area contributed by atoms with Crippen molar-refractivity contribution in [3.8, 4) is 0 Å². The average Bonchev–Trinajstić information content (AvgIpc) is 2.92. The Kier molecular flexibility index (Phi) is 4.49. The monoisotopic (exact) mass is 262 g/mol. The number of likely N-dealkylation sites (tertiary alicyclic amines) is 1. The Bertz CT molecular complexity index is 441. The van der Waals surface area contributed by atoms with Gasteiger partial charge in [0.25, 0.3) is 0 Å². The smallest absolute Gasteiger partial charge is 0.303 e. The van der Waals surface area contributed by atoms with E-state index in [1.807, 2.05) is 4.90 Å². The third-order valence-corrected chi connectivity index (χ3v) is 3.20. The molecule has 0 bridgehead atoms. The Labute approximate surface area is 112 Å². The molecule has 0 radical (unpaired) electrons. The molecule has 0 spiro atoms. The number of ether oxygens (including phenoxy) is 1. The standard InChI is InChI=1S/C14H18N2O3/c1-11(17)19-13(12-4-6-15-7-5-12)10-14(18)16-8-2-3-9-16/h4-7,13H,2-3,8-10H2,1H3/t13-/m1/s1. The largest absolute Gasteiger partial charge is 0.457 e. The average molecular weight is 262 g/mol. The molecule has 102 valence electrons. The fourth-order valence-electron chi connectivity index (χ4n) is 2.26. The Morgan fingerprint density at radius 1 is 1.32 bits per heavy atom. The number of amides is 1. The van der Waals surface area contributed by atoms with Crippen molar-refractivity contribution in [2.75, 3.05) is 13.1 Å². The molecule has 0 aromatic carbocycles. The molecule has 0 aliphatic carbocycles. The van der Waals surface area contributed by atoms with Gasteiger partial charge >= 0.3 is 5.97 Å². The highest BCUT2D eigenvalue weighted by atomic mass is 16.5. The molecule has 1 saturated heterocycles. The SMILES string of the molecule is CC(=O)O[C@H](CC(=O)N1CCCC1)c1ccncc1. The van der Waals surface area contributed by atoms with E-state index in [-0.39, 0.29) is 18.3 Å². The molecular formula is C14H18N2O3. The number of pyridine rings is 1. The van der Waals surface area contributed by atoms with Crippen LogP contribution in [0.5, 0.6) is 0 Å². The van der Waals surface area contributed by atoms with Gasteiger partial charge in [-0.2, -0.15) is 0 Å². The van der Waals surface area contributed by atoms with Crippen molar-refractivity contribution in [2.24, 2.45) is 0 Å². The summed E-state index contributed by atoms with van der Waals surface area (Å²) in [6.45, 7) is 2.97. The number of carbonyl (C=O) groups is 2. The molecule has 0 N–H and O–H groups in total. The highest BCUT2D eigenvalue weighted by Gasteiger charge is 2.24. The van der Waals surface area contributed by atoms with Crippen molar-refractivity contribution >= 4 is 11.9 Å². The first kappa shape index (κ1) is 13.5. The molecule has 1 atom stereocenters. The summed E-state index contributed by atoms with van der Waals surface area (Å²) in [5.74, 6) is -0.336. The van der Waals surface area contributed by atoms with Crippen LogP contribution in [-0.2, 0) is 14.3 Å². The fraction of sp³-hybridized carbons (Fsp3) is 0.500. The summed E-state index contributed by atoms with van der Waals surface area (Å²) in [5.41, 5.74) is 0.803. The third-order valence-electron chi connectivity index (χ3n) is 3.20. The molecule has 1 aromatic heterocycles. The minimum Gasteiger partial charge on any atom is -0.457 e. The maximum atomic E-state index is 12.1. The zero-order chi connectivity index (χ0) is 13.7. The van der Waals surface area contributed by atoms with E-state index in [2.05, 4.69) is 4.98 Å². The van der Waals surface area contributed by atoms with Crippen molar-refractivity contribution in [3.05, 3.63) is 30.1 Å². The van der Waals surface area contributed by atoms with Gasteiger partial charge in [0, 0.05) is 32.4 Å². The molecule has 0 unspecified atom stereocenters. The van der Waals surface area contributed by atoms with Crippen molar-refractivity contribution in [3.63, 3.8) is 0 Å². The number of rotatable bonds is 4. The van der Waals surface area contributed by atoms with Crippen molar-refractivity contribution in [1.82, 2.24) is 9.88 Å². The van der Waals surface area contributed by atoms with Crippen LogP contribution in [0.2, 0.25) is 0 Å². The second-order valence-corrected chi connectivity index (χ2v) is 4.67. The zero-order valence-corrected chi connectivity index (χ0v) is 11.0. The van der Waals surface area contributed by atoms with Crippen LogP contribution < -0.4 is 0 Å². The van der Waals surface area contributed by atoms with E-state index in [1.54, 1.807) is 24.5 Å². The van der Waals surface area contributed by atoms with Crippen LogP contribution in [0.3, 0.4) is 0 Å². The molecule has 1 aliphatic rings. The number of hydrogen-bond donors (Lipinski definition) is 0. The Morgan fingerprint density at radius 2 is 1.95 bits per heavy atom. The van der Waals surface area contributed by atoms with Gasteiger partial charge in [-0.05, 0) is 30.5 Å². The number of aromatic nitrogens is 1. The summed E-state index contributed by atoms with van der Waals surface area (Å²) in [4.78, 5) is 29.1. The highest BCUT2D eigenvalue weighted by Crippen LogP contribution is 2.23. The lowest BCUT2D eigenvalue weighted by Crippen LogP contribution is -2.29. The van der Waals surface area contributed by atoms with Crippen LogP contribution >= 0.6 is 0 Å². The van der Waals surface area contributed by atoms with Gasteiger partial charge in [0.2, 0.25) is 5.91 Å². The van der Waals surface area contributed by atoms with Crippen LogP contribution in [0.1, 0.15) is 37.9 Å². The van der Waals surface area contributed by atoms with Gasteiger partial charge < -0.3 is 9.64 Å². The van der Waals surface area contributed by atoms with Crippen LogP contribution in [-0.4, -0.2) is 34.8 Å². The fourth-order valence-corrected chi connectivity index (χ4v) is 2.26. The van der Waals surface area contributed by atoms with Crippen molar-refractivity contribution in [2.45, 2.75) is 32.3 Å². The second-order valence-electron chi connectivity index (χ2n) is 4.67. The van der Waals surface area contributed by atoms with Crippen molar-refractivity contribution in [1.29, 1.82) is 0 Å². The Balaban J connectivity index is 2.05. The van der Waals surface area contributed by atoms with E-state index >= 15 is 0 Å². The summed E-state index contributed by atoms with van der Waals surface area (Å²) < 4.78 is 5.25. The lowest BCUT2D eigenvalue weighted by Gasteiger charge is -2.21. The van der Waals surface area contributed by atoms with E-state index < -0.39 is 6.10 Å². The molecule has 0 saturated carbocycles. The van der Waals surface area contributed by atoms with Gasteiger partial charge in [0.15, 0.2) is 0 Å². The molecule has 5 nitrogen and oxygen atoms in total. The topological polar surface area (TPSA) is 59.5 Å². The number of esters is 1. The molecule has 1 aromatic rings. The summed E-state index contributed by atoms with van der Waals surface area (Å²) >= 11 is 0.